The standard InChI is InChI=1S/C47H44N4O.Pt/c1-31-22-23-48-44(24-31)51-42-28-37(21-20-32(42)25-33-26-38-39(29-43(33)51)46(4,5)47(6,7)45(38,2)3)52-36-17-13-16-35(27-36)50-30-49(34-14-9-8-10-15-34)40-18-11-12-19-41(40)50;/h8-24,26-29H,25H2,1-7H3;. The number of para-hydroxylation sites is 3. The van der Waals surface area contributed by atoms with Gasteiger partial charge in [0.1, 0.15) is 0 Å². The van der Waals surface area contributed by atoms with E-state index in [-0.39, 0.29) is 16.2 Å². The molecular formula is C47H44N4OPt. The first-order valence-electron chi connectivity index (χ1n) is 18.4. The number of imidazole rings is 1. The van der Waals surface area contributed by atoms with E-state index >= 15 is 0 Å². The molecule has 0 amide bonds. The van der Waals surface area contributed by atoms with Crippen molar-refractivity contribution in [2.45, 2.75) is 65.7 Å². The van der Waals surface area contributed by atoms with Crippen molar-refractivity contribution in [1.82, 2.24) is 14.1 Å². The molecule has 0 spiro atoms. The van der Waals surface area contributed by atoms with Crippen LogP contribution in [0, 0.1) is 16.1 Å². The van der Waals surface area contributed by atoms with Gasteiger partial charge in [0.25, 0.3) is 0 Å². The van der Waals surface area contributed by atoms with Crippen molar-refractivity contribution in [3.05, 3.63) is 159 Å². The SMILES string of the molecule is Cc1ccnc(N2c3cc(Oc4cccc(-n5[c](=[Pt])n(-c6ccccc6)c6ccccc65)c4)ccc3Cc3cc4c(cc32)C(C)(C)C(C)(C)C4(C)C)c1. The van der Waals surface area contributed by atoms with Gasteiger partial charge in [-0.05, 0) is 45.9 Å². The zero-order valence-corrected chi connectivity index (χ0v) is 33.6. The zero-order chi connectivity index (χ0) is 36.9. The van der Waals surface area contributed by atoms with Gasteiger partial charge >= 0.3 is 225 Å². The quantitative estimate of drug-likeness (QED) is 0.173. The van der Waals surface area contributed by atoms with Crippen LogP contribution >= 0.6 is 0 Å². The van der Waals surface area contributed by atoms with E-state index < -0.39 is 0 Å². The molecule has 53 heavy (non-hydrogen) atoms. The van der Waals surface area contributed by atoms with E-state index in [1.807, 2.05) is 12.3 Å². The third kappa shape index (κ3) is 5.07. The van der Waals surface area contributed by atoms with Gasteiger partial charge < -0.3 is 0 Å². The molecule has 7 aromatic rings. The Morgan fingerprint density at radius 1 is 0.604 bits per heavy atom. The molecule has 6 heteroatoms. The number of hydrogen-bond acceptors (Lipinski definition) is 3. The Hall–Kier alpha value is -4.99. The number of rotatable bonds is 5. The van der Waals surface area contributed by atoms with Crippen molar-refractivity contribution >= 4 is 28.2 Å². The van der Waals surface area contributed by atoms with Crippen molar-refractivity contribution < 1.29 is 24.1 Å². The molecule has 5 nitrogen and oxygen atoms in total. The van der Waals surface area contributed by atoms with E-state index in [1.54, 1.807) is 0 Å². The topological polar surface area (TPSA) is 35.2 Å². The van der Waals surface area contributed by atoms with E-state index in [0.29, 0.717) is 0 Å². The molecule has 2 aliphatic rings. The molecule has 268 valence electrons. The average molecular weight is 876 g/mol. The minimum absolute atomic E-state index is 0.00785. The van der Waals surface area contributed by atoms with Gasteiger partial charge in [-0.15, -0.1) is 0 Å². The summed E-state index contributed by atoms with van der Waals surface area (Å²) in [4.78, 5) is 7.30. The summed E-state index contributed by atoms with van der Waals surface area (Å²) in [5.74, 6) is 2.49. The second kappa shape index (κ2) is 12.0. The summed E-state index contributed by atoms with van der Waals surface area (Å²) in [6.45, 7) is 16.7. The molecule has 0 radical (unpaired) electrons. The second-order valence-corrected chi connectivity index (χ2v) is 17.2. The van der Waals surface area contributed by atoms with Crippen LogP contribution in [0.3, 0.4) is 0 Å². The number of fused-ring (bicyclic) bond motifs is 4. The Balaban J connectivity index is 1.13. The third-order valence-corrected chi connectivity index (χ3v) is 13.8. The van der Waals surface area contributed by atoms with Crippen molar-refractivity contribution in [2.24, 2.45) is 5.41 Å². The number of nitrogens with zero attached hydrogens (tertiary/aromatic N) is 4. The van der Waals surface area contributed by atoms with Gasteiger partial charge in [0, 0.05) is 6.20 Å². The van der Waals surface area contributed by atoms with Crippen LogP contribution in [0.5, 0.6) is 11.5 Å². The van der Waals surface area contributed by atoms with Gasteiger partial charge in [-0.25, -0.2) is 0 Å². The Morgan fingerprint density at radius 3 is 1.94 bits per heavy atom. The van der Waals surface area contributed by atoms with Gasteiger partial charge in [-0.1, -0.05) is 47.6 Å². The summed E-state index contributed by atoms with van der Waals surface area (Å²) < 4.78 is 12.4. The molecule has 5 aromatic carbocycles. The van der Waals surface area contributed by atoms with E-state index in [2.05, 4.69) is 197 Å². The van der Waals surface area contributed by atoms with Gasteiger partial charge in [-0.2, -0.15) is 0 Å². The summed E-state index contributed by atoms with van der Waals surface area (Å²) in [5, 5.41) is 0. The molecule has 0 N–H and O–H groups in total. The smallest absolute Gasteiger partial charge is 0.0582 e. The van der Waals surface area contributed by atoms with Crippen molar-refractivity contribution in [2.75, 3.05) is 4.90 Å². The number of hydrogen-bond donors (Lipinski definition) is 0. The first-order valence-corrected chi connectivity index (χ1v) is 19.6. The first kappa shape index (κ1) is 33.8. The van der Waals surface area contributed by atoms with Crippen LogP contribution in [0.1, 0.15) is 69.4 Å². The zero-order valence-electron chi connectivity index (χ0n) is 31.3. The Bertz CT molecular complexity index is 2650. The van der Waals surface area contributed by atoms with Crippen LogP contribution in [-0.2, 0) is 36.6 Å². The van der Waals surface area contributed by atoms with Crippen molar-refractivity contribution in [3.8, 4) is 22.9 Å². The van der Waals surface area contributed by atoms with E-state index in [0.717, 1.165) is 55.6 Å². The van der Waals surface area contributed by atoms with Crippen LogP contribution in [0.25, 0.3) is 22.4 Å². The summed E-state index contributed by atoms with van der Waals surface area (Å²) >= 11 is 2.44. The number of pyridine rings is 1. The van der Waals surface area contributed by atoms with Gasteiger partial charge in [-0.3, -0.25) is 0 Å². The molecular weight excluding hydrogens is 832 g/mol. The number of ether oxygens (including phenoxy) is 1. The molecule has 0 fully saturated rings. The molecule has 0 atom stereocenters. The molecule has 1 aliphatic carbocycles. The maximum atomic E-state index is 6.74. The Morgan fingerprint density at radius 2 is 1.23 bits per heavy atom. The van der Waals surface area contributed by atoms with Crippen molar-refractivity contribution in [3.63, 3.8) is 0 Å². The first-order chi connectivity index (χ1) is 25.4. The Labute approximate surface area is 322 Å². The van der Waals surface area contributed by atoms with Gasteiger partial charge in [0.15, 0.2) is 0 Å². The van der Waals surface area contributed by atoms with Crippen LogP contribution in [0.15, 0.2) is 128 Å². The minimum atomic E-state index is -0.00785. The van der Waals surface area contributed by atoms with Gasteiger partial charge in [0.05, 0.1) is 0 Å². The summed E-state index contributed by atoms with van der Waals surface area (Å²) in [7, 11) is 0. The fourth-order valence-electron chi connectivity index (χ4n) is 8.66. The minimum Gasteiger partial charge on any atom is -0.0582 e. The van der Waals surface area contributed by atoms with Crippen molar-refractivity contribution in [1.29, 1.82) is 0 Å². The molecule has 0 unspecified atom stereocenters. The number of aryl methyl sites for hydroxylation is 1. The van der Waals surface area contributed by atoms with Crippen LogP contribution in [0.4, 0.5) is 17.2 Å². The summed E-state index contributed by atoms with van der Waals surface area (Å²) in [6.07, 6.45) is 2.77. The third-order valence-electron chi connectivity index (χ3n) is 12.8. The number of benzene rings is 5. The second-order valence-electron chi connectivity index (χ2n) is 16.2. The fraction of sp³-hybridized carbons (Fsp3) is 0.234. The maximum absolute atomic E-state index is 6.74. The van der Waals surface area contributed by atoms with Crippen LogP contribution in [0.2, 0.25) is 0 Å². The summed E-state index contributed by atoms with van der Waals surface area (Å²) in [6, 6.07) is 43.2. The molecule has 0 bridgehead atoms. The van der Waals surface area contributed by atoms with Crippen LogP contribution in [-0.4, -0.2) is 14.1 Å². The molecule has 1 aliphatic heterocycles. The van der Waals surface area contributed by atoms with Gasteiger partial charge in [0.2, 0.25) is 0 Å². The number of aromatic nitrogens is 3. The predicted octanol–water partition coefficient (Wildman–Crippen LogP) is 12.0. The molecule has 2 aromatic heterocycles. The number of anilines is 3. The van der Waals surface area contributed by atoms with E-state index in [9.17, 15) is 0 Å². The predicted molar refractivity (Wildman–Crippen MR) is 212 cm³/mol. The molecule has 0 saturated heterocycles. The monoisotopic (exact) mass is 875 g/mol. The van der Waals surface area contributed by atoms with E-state index in [1.165, 1.54) is 33.5 Å². The summed E-state index contributed by atoms with van der Waals surface area (Å²) in [5.41, 5.74) is 13.5. The van der Waals surface area contributed by atoms with Crippen LogP contribution < -0.4 is 9.64 Å². The molecule has 9 rings (SSSR count). The van der Waals surface area contributed by atoms with E-state index in [4.69, 9.17) is 9.72 Å². The molecule has 0 saturated carbocycles. The molecule has 3 heterocycles. The fourth-order valence-corrected chi connectivity index (χ4v) is 9.80. The Kier molecular flexibility index (Phi) is 7.67. The average Bonchev–Trinajstić information content (AvgIpc) is 3.49. The normalized spacial score (nSPS) is 16.3.